The normalized spacial score (nSPS) is 12.3. The highest BCUT2D eigenvalue weighted by molar-refractivity contribution is 7.99. The lowest BCUT2D eigenvalue weighted by Crippen LogP contribution is -2.05. The molecule has 2 aromatic carbocycles. The third-order valence-electron chi connectivity index (χ3n) is 4.08. The summed E-state index contributed by atoms with van der Waals surface area (Å²) in [5, 5.41) is 11.0. The van der Waals surface area contributed by atoms with Crippen molar-refractivity contribution in [3.05, 3.63) is 77.4 Å². The summed E-state index contributed by atoms with van der Waals surface area (Å²) in [7, 11) is 0. The number of imidazole rings is 1. The minimum absolute atomic E-state index is 0.315. The predicted octanol–water partition coefficient (Wildman–Crippen LogP) is 4.45. The number of hydrogen-bond donors (Lipinski definition) is 1. The van der Waals surface area contributed by atoms with Crippen LogP contribution in [-0.2, 0) is 0 Å². The first-order valence-electron chi connectivity index (χ1n) is 7.73. The average molecular weight is 342 g/mol. The van der Waals surface area contributed by atoms with Gasteiger partial charge < -0.3 is 5.11 Å². The summed E-state index contributed by atoms with van der Waals surface area (Å²) in [5.74, 6) is -0.0496. The maximum atomic E-state index is 13.8. The Bertz CT molecular complexity index is 847. The minimum atomic E-state index is -0.875. The van der Waals surface area contributed by atoms with Crippen LogP contribution in [0.25, 0.3) is 5.69 Å². The first kappa shape index (κ1) is 16.7. The molecule has 0 aliphatic carbocycles. The van der Waals surface area contributed by atoms with Gasteiger partial charge in [-0.1, -0.05) is 42.1 Å². The van der Waals surface area contributed by atoms with Crippen molar-refractivity contribution < 1.29 is 9.50 Å². The molecule has 0 radical (unpaired) electrons. The zero-order valence-electron chi connectivity index (χ0n) is 13.6. The van der Waals surface area contributed by atoms with Crippen LogP contribution in [0, 0.1) is 19.7 Å². The van der Waals surface area contributed by atoms with Gasteiger partial charge in [-0.25, -0.2) is 9.37 Å². The number of benzene rings is 2. The number of thioether (sulfide) groups is 1. The summed E-state index contributed by atoms with van der Waals surface area (Å²) < 4.78 is 15.8. The molecule has 1 aromatic heterocycles. The topological polar surface area (TPSA) is 38.0 Å². The molecule has 3 nitrogen and oxygen atoms in total. The van der Waals surface area contributed by atoms with Crippen molar-refractivity contribution in [2.24, 2.45) is 0 Å². The molecular weight excluding hydrogens is 323 g/mol. The fraction of sp³-hybridized carbons (Fsp3) is 0.211. The average Bonchev–Trinajstić information content (AvgIpc) is 3.04. The molecule has 0 spiro atoms. The van der Waals surface area contributed by atoms with Gasteiger partial charge in [0, 0.05) is 23.7 Å². The Morgan fingerprint density at radius 3 is 2.75 bits per heavy atom. The van der Waals surface area contributed by atoms with Gasteiger partial charge in [-0.05, 0) is 37.1 Å². The first-order chi connectivity index (χ1) is 11.6. The molecular formula is C19H19FN2OS. The highest BCUT2D eigenvalue weighted by Crippen LogP contribution is 2.28. The van der Waals surface area contributed by atoms with Crippen molar-refractivity contribution in [3.8, 4) is 5.69 Å². The lowest BCUT2D eigenvalue weighted by atomic mass is 10.1. The second kappa shape index (κ2) is 7.20. The number of nitrogens with zero attached hydrogens (tertiary/aromatic N) is 2. The molecule has 1 atom stereocenters. The maximum absolute atomic E-state index is 13.8. The number of halogens is 1. The Morgan fingerprint density at radius 1 is 1.17 bits per heavy atom. The van der Waals surface area contributed by atoms with Crippen molar-refractivity contribution in [2.75, 3.05) is 5.75 Å². The van der Waals surface area contributed by atoms with E-state index in [1.807, 2.05) is 22.9 Å². The molecule has 0 saturated heterocycles. The van der Waals surface area contributed by atoms with Crippen LogP contribution >= 0.6 is 11.8 Å². The van der Waals surface area contributed by atoms with E-state index in [9.17, 15) is 9.50 Å². The third-order valence-corrected chi connectivity index (χ3v) is 5.12. The molecule has 3 rings (SSSR count). The molecule has 124 valence electrons. The standard InChI is InChI=1S/C19H19FN2OS/c1-13-6-5-9-17(14(13)2)22-11-10-21-19(22)24-12-18(23)15-7-3-4-8-16(15)20/h3-11,18,23H,12H2,1-2H3/t18-/m0/s1. The molecule has 0 fully saturated rings. The summed E-state index contributed by atoms with van der Waals surface area (Å²) in [6, 6.07) is 12.4. The van der Waals surface area contributed by atoms with Gasteiger partial charge in [0.15, 0.2) is 5.16 Å². The highest BCUT2D eigenvalue weighted by atomic mass is 32.2. The Kier molecular flexibility index (Phi) is 5.02. The molecule has 0 aliphatic rings. The minimum Gasteiger partial charge on any atom is -0.387 e. The summed E-state index contributed by atoms with van der Waals surface area (Å²) in [4.78, 5) is 4.37. The lowest BCUT2D eigenvalue weighted by molar-refractivity contribution is 0.199. The van der Waals surface area contributed by atoms with E-state index in [0.717, 1.165) is 10.8 Å². The van der Waals surface area contributed by atoms with E-state index in [0.29, 0.717) is 11.3 Å². The van der Waals surface area contributed by atoms with Crippen molar-refractivity contribution in [2.45, 2.75) is 25.1 Å². The first-order valence-corrected chi connectivity index (χ1v) is 8.71. The quantitative estimate of drug-likeness (QED) is 0.696. The van der Waals surface area contributed by atoms with Gasteiger partial charge in [0.1, 0.15) is 5.82 Å². The summed E-state index contributed by atoms with van der Waals surface area (Å²) in [6.07, 6.45) is 2.76. The van der Waals surface area contributed by atoms with Crippen molar-refractivity contribution in [3.63, 3.8) is 0 Å². The van der Waals surface area contributed by atoms with Crippen molar-refractivity contribution in [1.82, 2.24) is 9.55 Å². The second-order valence-corrected chi connectivity index (χ2v) is 6.63. The molecule has 3 aromatic rings. The Balaban J connectivity index is 1.79. The van der Waals surface area contributed by atoms with Crippen LogP contribution in [0.4, 0.5) is 4.39 Å². The molecule has 0 amide bonds. The van der Waals surface area contributed by atoms with Gasteiger partial charge in [-0.2, -0.15) is 0 Å². The van der Waals surface area contributed by atoms with Gasteiger partial charge in [-0.15, -0.1) is 0 Å². The van der Waals surface area contributed by atoms with Crippen molar-refractivity contribution in [1.29, 1.82) is 0 Å². The van der Waals surface area contributed by atoms with E-state index in [2.05, 4.69) is 24.9 Å². The van der Waals surface area contributed by atoms with E-state index in [-0.39, 0.29) is 5.82 Å². The molecule has 0 saturated carbocycles. The second-order valence-electron chi connectivity index (χ2n) is 5.65. The van der Waals surface area contributed by atoms with Crippen LogP contribution in [0.5, 0.6) is 0 Å². The van der Waals surface area contributed by atoms with Crippen LogP contribution in [0.2, 0.25) is 0 Å². The fourth-order valence-electron chi connectivity index (χ4n) is 2.57. The van der Waals surface area contributed by atoms with E-state index in [1.54, 1.807) is 24.4 Å². The van der Waals surface area contributed by atoms with Crippen molar-refractivity contribution >= 4 is 11.8 Å². The van der Waals surface area contributed by atoms with Crippen LogP contribution < -0.4 is 0 Å². The third kappa shape index (κ3) is 3.37. The number of aliphatic hydroxyl groups excluding tert-OH is 1. The molecule has 24 heavy (non-hydrogen) atoms. The van der Waals surface area contributed by atoms with Crippen LogP contribution in [0.1, 0.15) is 22.8 Å². The number of aromatic nitrogens is 2. The van der Waals surface area contributed by atoms with Crippen LogP contribution in [0.3, 0.4) is 0 Å². The van der Waals surface area contributed by atoms with Gasteiger partial charge >= 0.3 is 0 Å². The van der Waals surface area contributed by atoms with E-state index >= 15 is 0 Å². The number of aryl methyl sites for hydroxylation is 1. The maximum Gasteiger partial charge on any atom is 0.172 e. The molecule has 0 unspecified atom stereocenters. The summed E-state index contributed by atoms with van der Waals surface area (Å²) in [6.45, 7) is 4.15. The number of rotatable bonds is 5. The van der Waals surface area contributed by atoms with Gasteiger partial charge in [0.25, 0.3) is 0 Å². The Morgan fingerprint density at radius 2 is 1.96 bits per heavy atom. The lowest BCUT2D eigenvalue weighted by Gasteiger charge is -2.14. The monoisotopic (exact) mass is 342 g/mol. The molecule has 0 aliphatic heterocycles. The smallest absolute Gasteiger partial charge is 0.172 e. The van der Waals surface area contributed by atoms with E-state index in [4.69, 9.17) is 0 Å². The number of aliphatic hydroxyl groups is 1. The van der Waals surface area contributed by atoms with Crippen LogP contribution in [-0.4, -0.2) is 20.4 Å². The zero-order chi connectivity index (χ0) is 17.1. The Labute approximate surface area is 145 Å². The molecule has 1 heterocycles. The Hall–Kier alpha value is -2.11. The molecule has 5 heteroatoms. The van der Waals surface area contributed by atoms with Gasteiger partial charge in [0.2, 0.25) is 0 Å². The van der Waals surface area contributed by atoms with E-state index < -0.39 is 6.10 Å². The van der Waals surface area contributed by atoms with Gasteiger partial charge in [-0.3, -0.25) is 4.57 Å². The fourth-order valence-corrected chi connectivity index (χ4v) is 3.49. The zero-order valence-corrected chi connectivity index (χ0v) is 14.4. The van der Waals surface area contributed by atoms with E-state index in [1.165, 1.54) is 29.0 Å². The largest absolute Gasteiger partial charge is 0.387 e. The highest BCUT2D eigenvalue weighted by Gasteiger charge is 2.15. The molecule has 0 bridgehead atoms. The molecule has 1 N–H and O–H groups in total. The predicted molar refractivity (Wildman–Crippen MR) is 95.1 cm³/mol. The SMILES string of the molecule is Cc1cccc(-n2ccnc2SC[C@H](O)c2ccccc2F)c1C. The summed E-state index contributed by atoms with van der Waals surface area (Å²) >= 11 is 1.41. The number of hydrogen-bond acceptors (Lipinski definition) is 3. The summed E-state index contributed by atoms with van der Waals surface area (Å²) in [5.41, 5.74) is 3.78. The van der Waals surface area contributed by atoms with Crippen LogP contribution in [0.15, 0.2) is 60.0 Å². The van der Waals surface area contributed by atoms with Gasteiger partial charge in [0.05, 0.1) is 11.8 Å².